The second-order valence-electron chi connectivity index (χ2n) is 15.8. The highest BCUT2D eigenvalue weighted by atomic mass is 16.8. The summed E-state index contributed by atoms with van der Waals surface area (Å²) in [5, 5.41) is 38.5. The predicted molar refractivity (Wildman–Crippen MR) is 164 cm³/mol. The summed E-state index contributed by atoms with van der Waals surface area (Å²) in [6.45, 7) is 6.71. The van der Waals surface area contributed by atoms with Crippen LogP contribution in [0.2, 0.25) is 0 Å². The molecule has 16 atom stereocenters. The molecular formula is C35H44O16. The molecule has 3 saturated carbocycles. The number of rotatable bonds is 5. The Morgan fingerprint density at radius 3 is 2.31 bits per heavy atom. The molecule has 0 radical (unpaired) electrons. The van der Waals surface area contributed by atoms with E-state index >= 15 is 0 Å². The van der Waals surface area contributed by atoms with Crippen LogP contribution in [0.25, 0.3) is 0 Å². The number of carbonyl (C=O) groups excluding carboxylic acids is 4. The maximum absolute atomic E-state index is 14.4. The quantitative estimate of drug-likeness (QED) is 0.191. The van der Waals surface area contributed by atoms with Gasteiger partial charge in [-0.2, -0.15) is 0 Å². The van der Waals surface area contributed by atoms with Gasteiger partial charge in [-0.3, -0.25) is 9.59 Å². The lowest BCUT2D eigenvalue weighted by atomic mass is 9.35. The van der Waals surface area contributed by atoms with E-state index in [0.717, 1.165) is 7.11 Å². The van der Waals surface area contributed by atoms with Gasteiger partial charge in [0.05, 0.1) is 57.4 Å². The second kappa shape index (κ2) is 10.5. The maximum atomic E-state index is 14.4. The molecule has 16 heteroatoms. The van der Waals surface area contributed by atoms with Crippen LogP contribution < -0.4 is 0 Å². The molecule has 5 aliphatic heterocycles. The van der Waals surface area contributed by atoms with E-state index in [9.17, 15) is 34.5 Å². The molecule has 0 aromatic rings. The molecule has 0 aromatic heterocycles. The van der Waals surface area contributed by atoms with Crippen LogP contribution in [0.3, 0.4) is 0 Å². The van der Waals surface area contributed by atoms with Crippen molar-refractivity contribution in [3.63, 3.8) is 0 Å². The monoisotopic (exact) mass is 720 g/mol. The van der Waals surface area contributed by atoms with Crippen molar-refractivity contribution in [1.82, 2.24) is 0 Å². The first-order valence-electron chi connectivity index (χ1n) is 17.2. The summed E-state index contributed by atoms with van der Waals surface area (Å²) in [6, 6.07) is 0. The Balaban J connectivity index is 1.42. The van der Waals surface area contributed by atoms with Crippen molar-refractivity contribution >= 4 is 23.9 Å². The number of hydrogen-bond acceptors (Lipinski definition) is 16. The molecule has 3 aliphatic carbocycles. The van der Waals surface area contributed by atoms with Crippen LogP contribution in [0.5, 0.6) is 0 Å². The predicted octanol–water partition coefficient (Wildman–Crippen LogP) is -0.203. The van der Waals surface area contributed by atoms with Gasteiger partial charge >= 0.3 is 23.9 Å². The van der Waals surface area contributed by atoms with Gasteiger partial charge in [-0.1, -0.05) is 13.0 Å². The number of aliphatic hydroxyl groups is 3. The number of methoxy groups -OCH3 is 2. The van der Waals surface area contributed by atoms with E-state index in [0.29, 0.717) is 0 Å². The van der Waals surface area contributed by atoms with Gasteiger partial charge in [0.15, 0.2) is 5.60 Å². The fraction of sp³-hybridized carbons (Fsp3) is 0.771. The summed E-state index contributed by atoms with van der Waals surface area (Å²) in [5.41, 5.74) is -11.0. The summed E-state index contributed by atoms with van der Waals surface area (Å²) in [6.07, 6.45) is -3.94. The van der Waals surface area contributed by atoms with Gasteiger partial charge in [-0.25, -0.2) is 9.59 Å². The fourth-order valence-corrected chi connectivity index (χ4v) is 12.2. The lowest BCUT2D eigenvalue weighted by Crippen LogP contribution is -2.86. The van der Waals surface area contributed by atoms with Crippen molar-refractivity contribution in [2.45, 2.75) is 107 Å². The summed E-state index contributed by atoms with van der Waals surface area (Å²) in [7, 11) is 2.30. The van der Waals surface area contributed by atoms with E-state index in [4.69, 9.17) is 42.6 Å². The van der Waals surface area contributed by atoms with E-state index in [1.54, 1.807) is 26.8 Å². The number of hydrogen-bond donors (Lipinski definition) is 3. The first-order valence-corrected chi connectivity index (χ1v) is 17.2. The molecule has 8 aliphatic rings. The van der Waals surface area contributed by atoms with Crippen LogP contribution in [-0.4, -0.2) is 126 Å². The Bertz CT molecular complexity index is 1660. The standard InChI is InChI=1S/C35H44O16/c1-8-15(2)24(38)49-18-12-19(48-16(3)36)31(26(39)43-6)13-46-21-22(31)29(18,4)25-32(23(21)37)14-47-34(25,27(40)44-7)51-30(5)17-11-20(35(30,32)42)50-28-33(17,41)9-10-45-28/h8-10,17-23,25,28,37,41-42H,11-14H2,1-7H3/b15-8-/t17-,18-,19+,20-,21-,22-,23-,25+,28-,29-,30+,31-,32+,33-,34-,35+/m1/s1. The van der Waals surface area contributed by atoms with Gasteiger partial charge in [0.25, 0.3) is 5.79 Å². The molecular weight excluding hydrogens is 676 g/mol. The highest BCUT2D eigenvalue weighted by molar-refractivity contribution is 5.88. The Labute approximate surface area is 293 Å². The number of allylic oxidation sites excluding steroid dienone is 1. The number of fused-ring (bicyclic) bond motifs is 7. The van der Waals surface area contributed by atoms with Gasteiger partial charge in [-0.05, 0) is 33.3 Å². The zero-order chi connectivity index (χ0) is 36.9. The van der Waals surface area contributed by atoms with Gasteiger partial charge < -0.3 is 58.0 Å². The molecule has 280 valence electrons. The van der Waals surface area contributed by atoms with Gasteiger partial charge in [0.2, 0.25) is 6.29 Å². The lowest BCUT2D eigenvalue weighted by Gasteiger charge is -2.71. The van der Waals surface area contributed by atoms with Crippen LogP contribution >= 0.6 is 0 Å². The van der Waals surface area contributed by atoms with Crippen LogP contribution in [0, 0.1) is 34.0 Å². The first kappa shape index (κ1) is 34.9. The van der Waals surface area contributed by atoms with Gasteiger partial charge in [0, 0.05) is 42.1 Å². The van der Waals surface area contributed by atoms with Crippen molar-refractivity contribution in [1.29, 1.82) is 0 Å². The van der Waals surface area contributed by atoms with Gasteiger partial charge in [0.1, 0.15) is 28.8 Å². The molecule has 0 amide bonds. The molecule has 0 unspecified atom stereocenters. The zero-order valence-electron chi connectivity index (χ0n) is 29.4. The summed E-state index contributed by atoms with van der Waals surface area (Å²) >= 11 is 0. The molecule has 4 saturated heterocycles. The van der Waals surface area contributed by atoms with Crippen LogP contribution in [0.15, 0.2) is 24.0 Å². The second-order valence-corrected chi connectivity index (χ2v) is 15.8. The molecule has 8 rings (SSSR count). The number of carbonyl (C=O) groups is 4. The van der Waals surface area contributed by atoms with Gasteiger partial charge in [-0.15, -0.1) is 0 Å². The molecule has 51 heavy (non-hydrogen) atoms. The molecule has 7 fully saturated rings. The zero-order valence-corrected chi connectivity index (χ0v) is 29.4. The smallest absolute Gasteiger partial charge is 0.366 e. The Kier molecular flexibility index (Phi) is 7.20. The van der Waals surface area contributed by atoms with Crippen molar-refractivity contribution in [3.05, 3.63) is 24.0 Å². The summed E-state index contributed by atoms with van der Waals surface area (Å²) in [5.74, 6) is -9.30. The van der Waals surface area contributed by atoms with E-state index in [-0.39, 0.29) is 25.0 Å². The van der Waals surface area contributed by atoms with Crippen LogP contribution in [0.1, 0.15) is 47.5 Å². The largest absolute Gasteiger partial charge is 0.469 e. The third-order valence-corrected chi connectivity index (χ3v) is 14.2. The van der Waals surface area contributed by atoms with Crippen LogP contribution in [-0.2, 0) is 61.8 Å². The SMILES string of the molecule is C/C=C(/C)C(=O)O[C@@H]1C[C@H](OC(C)=O)[C@]2(C(=O)OC)CO[C@H]3[C@@H](O)[C@]45CO[C@@](C(=O)OC)(O[C@@]6(C)[C@H]7C[C@@H](O[C@H]8OC=C[C@]87O)[C@@]46O)[C@H]5[C@@]1(C)[C@@H]32. The van der Waals surface area contributed by atoms with E-state index in [1.807, 2.05) is 0 Å². The van der Waals surface area contributed by atoms with Crippen molar-refractivity contribution in [2.75, 3.05) is 27.4 Å². The fourth-order valence-electron chi connectivity index (χ4n) is 12.2. The minimum atomic E-state index is -2.41. The average molecular weight is 721 g/mol. The van der Waals surface area contributed by atoms with E-state index in [1.165, 1.54) is 33.3 Å². The molecule has 3 N–H and O–H groups in total. The molecule has 4 bridgehead atoms. The topological polar surface area (TPSA) is 212 Å². The lowest BCUT2D eigenvalue weighted by molar-refractivity contribution is -0.410. The Morgan fingerprint density at radius 1 is 0.961 bits per heavy atom. The summed E-state index contributed by atoms with van der Waals surface area (Å²) in [4.78, 5) is 54.8. The normalized spacial score (nSPS) is 53.9. The highest BCUT2D eigenvalue weighted by Gasteiger charge is 2.96. The van der Waals surface area contributed by atoms with Crippen LogP contribution in [0.4, 0.5) is 0 Å². The Morgan fingerprint density at radius 2 is 1.67 bits per heavy atom. The van der Waals surface area contributed by atoms with Crippen molar-refractivity contribution < 1.29 is 77.1 Å². The highest BCUT2D eigenvalue weighted by Crippen LogP contribution is 2.81. The number of aliphatic hydroxyl groups excluding tert-OH is 1. The van der Waals surface area contributed by atoms with E-state index < -0.39 is 124 Å². The average Bonchev–Trinajstić information content (AvgIpc) is 3.83. The first-order chi connectivity index (χ1) is 23.9. The molecule has 0 spiro atoms. The minimum absolute atomic E-state index is 0.0251. The van der Waals surface area contributed by atoms with E-state index in [2.05, 4.69) is 0 Å². The third kappa shape index (κ3) is 3.56. The number of esters is 4. The number of ether oxygens (including phenoxy) is 9. The minimum Gasteiger partial charge on any atom is -0.469 e. The summed E-state index contributed by atoms with van der Waals surface area (Å²) < 4.78 is 54.5. The Hall–Kier alpha value is -3.12. The maximum Gasteiger partial charge on any atom is 0.366 e. The molecule has 16 nitrogen and oxygen atoms in total. The van der Waals surface area contributed by atoms with Crippen molar-refractivity contribution in [2.24, 2.45) is 34.0 Å². The molecule has 5 heterocycles. The van der Waals surface area contributed by atoms with Crippen molar-refractivity contribution in [3.8, 4) is 0 Å². The molecule has 0 aromatic carbocycles. The third-order valence-electron chi connectivity index (χ3n) is 14.2.